The molecule has 5 aromatic rings. The Kier molecular flexibility index (Phi) is 6.53. The standard InChI is InChI=1S/C33H34N8/c1-22-7-9-26(36-33-38-30-5-3-4-6-31(30)39-33)20-28(22)23-8-14-29-24(19-23)21-34-32(37-29)35-25-10-12-27(13-11-25)41-17-15-40(2)16-18-41/h3-14,19-20H,15-18,21H2,1-2H3,(H2,34,35,37)(H2,36,38,39). The number of imidazole rings is 1. The number of aromatic amines is 1. The maximum atomic E-state index is 4.79. The molecular weight excluding hydrogens is 508 g/mol. The number of piperazine rings is 1. The summed E-state index contributed by atoms with van der Waals surface area (Å²) in [6, 6.07) is 29.7. The van der Waals surface area contributed by atoms with E-state index in [9.17, 15) is 0 Å². The van der Waals surface area contributed by atoms with Crippen LogP contribution >= 0.6 is 0 Å². The summed E-state index contributed by atoms with van der Waals surface area (Å²) in [4.78, 5) is 17.6. The van der Waals surface area contributed by atoms with Gasteiger partial charge in [-0.3, -0.25) is 0 Å². The molecule has 0 radical (unpaired) electrons. The number of hydrogen-bond acceptors (Lipinski definition) is 7. The number of likely N-dealkylation sites (N-methyl/N-ethyl adjacent to an activating group) is 1. The Labute approximate surface area is 240 Å². The van der Waals surface area contributed by atoms with Gasteiger partial charge in [-0.15, -0.1) is 0 Å². The Bertz CT molecular complexity index is 1700. The van der Waals surface area contributed by atoms with Gasteiger partial charge in [0.25, 0.3) is 0 Å². The fraction of sp³-hybridized carbons (Fsp3) is 0.212. The molecular formula is C33H34N8. The van der Waals surface area contributed by atoms with Gasteiger partial charge in [0.2, 0.25) is 11.9 Å². The van der Waals surface area contributed by atoms with Crippen LogP contribution in [0.15, 0.2) is 89.9 Å². The van der Waals surface area contributed by atoms with E-state index >= 15 is 0 Å². The number of H-pyrrole nitrogens is 1. The van der Waals surface area contributed by atoms with Gasteiger partial charge in [-0.1, -0.05) is 24.3 Å². The van der Waals surface area contributed by atoms with Gasteiger partial charge in [0.1, 0.15) is 0 Å². The molecule has 0 bridgehead atoms. The fourth-order valence-electron chi connectivity index (χ4n) is 5.53. The predicted octanol–water partition coefficient (Wildman–Crippen LogP) is 6.43. The molecule has 0 spiro atoms. The Hall–Kier alpha value is -4.82. The van der Waals surface area contributed by atoms with Crippen molar-refractivity contribution in [3.05, 3.63) is 96.1 Å². The lowest BCUT2D eigenvalue weighted by molar-refractivity contribution is 0.313. The maximum Gasteiger partial charge on any atom is 0.205 e. The molecule has 0 unspecified atom stereocenters. The summed E-state index contributed by atoms with van der Waals surface area (Å²) in [5.74, 6) is 1.50. The number of para-hydroxylation sites is 2. The van der Waals surface area contributed by atoms with Crippen LogP contribution in [0.25, 0.3) is 22.2 Å². The van der Waals surface area contributed by atoms with Gasteiger partial charge < -0.3 is 30.7 Å². The zero-order chi connectivity index (χ0) is 27.8. The number of rotatable bonds is 5. The smallest absolute Gasteiger partial charge is 0.205 e. The second kappa shape index (κ2) is 10.6. The number of nitrogens with one attached hydrogen (secondary N) is 4. The van der Waals surface area contributed by atoms with Gasteiger partial charge in [0, 0.05) is 48.9 Å². The Balaban J connectivity index is 1.04. The molecule has 4 aromatic carbocycles. The van der Waals surface area contributed by atoms with Crippen molar-refractivity contribution in [3.63, 3.8) is 0 Å². The zero-order valence-corrected chi connectivity index (χ0v) is 23.4. The number of aliphatic imine (C=N–C) groups is 1. The van der Waals surface area contributed by atoms with Gasteiger partial charge in [0.15, 0.2) is 0 Å². The summed E-state index contributed by atoms with van der Waals surface area (Å²) in [6.07, 6.45) is 0. The van der Waals surface area contributed by atoms with Gasteiger partial charge in [-0.2, -0.15) is 0 Å². The molecule has 1 aromatic heterocycles. The highest BCUT2D eigenvalue weighted by molar-refractivity contribution is 6.05. The van der Waals surface area contributed by atoms with Crippen molar-refractivity contribution in [3.8, 4) is 11.1 Å². The van der Waals surface area contributed by atoms with Crippen molar-refractivity contribution < 1.29 is 0 Å². The highest BCUT2D eigenvalue weighted by Gasteiger charge is 2.16. The molecule has 1 fully saturated rings. The molecule has 8 nitrogen and oxygen atoms in total. The van der Waals surface area contributed by atoms with Crippen LogP contribution < -0.4 is 20.9 Å². The van der Waals surface area contributed by atoms with Crippen LogP contribution in [0.1, 0.15) is 11.1 Å². The van der Waals surface area contributed by atoms with Crippen LogP contribution in [0, 0.1) is 6.92 Å². The van der Waals surface area contributed by atoms with Crippen molar-refractivity contribution >= 4 is 45.7 Å². The second-order valence-corrected chi connectivity index (χ2v) is 10.9. The second-order valence-electron chi connectivity index (χ2n) is 10.9. The van der Waals surface area contributed by atoms with E-state index in [1.807, 2.05) is 24.3 Å². The molecule has 0 amide bonds. The maximum absolute atomic E-state index is 4.79. The molecule has 8 heteroatoms. The van der Waals surface area contributed by atoms with Crippen molar-refractivity contribution in [1.29, 1.82) is 0 Å². The van der Waals surface area contributed by atoms with Crippen molar-refractivity contribution in [1.82, 2.24) is 14.9 Å². The van der Waals surface area contributed by atoms with Crippen LogP contribution in [0.2, 0.25) is 0 Å². The number of nitrogens with zero attached hydrogens (tertiary/aromatic N) is 4. The Morgan fingerprint density at radius 1 is 0.805 bits per heavy atom. The molecule has 1 saturated heterocycles. The average Bonchev–Trinajstić information content (AvgIpc) is 3.41. The third-order valence-electron chi connectivity index (χ3n) is 7.96. The number of hydrogen-bond donors (Lipinski definition) is 4. The number of aryl methyl sites for hydroxylation is 1. The quantitative estimate of drug-likeness (QED) is 0.205. The van der Waals surface area contributed by atoms with E-state index in [-0.39, 0.29) is 0 Å². The van der Waals surface area contributed by atoms with E-state index in [0.717, 1.165) is 66.2 Å². The lowest BCUT2D eigenvalue weighted by Crippen LogP contribution is -2.44. The molecule has 3 heterocycles. The molecule has 41 heavy (non-hydrogen) atoms. The first-order valence-corrected chi connectivity index (χ1v) is 14.2. The average molecular weight is 543 g/mol. The highest BCUT2D eigenvalue weighted by atomic mass is 15.2. The molecule has 2 aliphatic rings. The third-order valence-corrected chi connectivity index (χ3v) is 7.96. The highest BCUT2D eigenvalue weighted by Crippen LogP contribution is 2.32. The molecule has 2 aliphatic heterocycles. The lowest BCUT2D eigenvalue weighted by atomic mass is 9.97. The number of anilines is 5. The SMILES string of the molecule is Cc1ccc(Nc2nc3ccccc3[nH]2)cc1-c1ccc2c(c1)CN=C(Nc1ccc(N3CCN(C)CC3)cc1)N2. The lowest BCUT2D eigenvalue weighted by Gasteiger charge is -2.34. The normalized spacial score (nSPS) is 15.3. The van der Waals surface area contributed by atoms with Crippen LogP contribution in [-0.2, 0) is 6.54 Å². The van der Waals surface area contributed by atoms with E-state index in [2.05, 4.69) is 110 Å². The molecule has 7 rings (SSSR count). The third kappa shape index (κ3) is 5.34. The summed E-state index contributed by atoms with van der Waals surface area (Å²) < 4.78 is 0. The van der Waals surface area contributed by atoms with Gasteiger partial charge in [-0.25, -0.2) is 9.98 Å². The summed E-state index contributed by atoms with van der Waals surface area (Å²) in [7, 11) is 2.18. The first-order chi connectivity index (χ1) is 20.1. The Morgan fingerprint density at radius 3 is 2.44 bits per heavy atom. The van der Waals surface area contributed by atoms with Crippen molar-refractivity contribution in [2.45, 2.75) is 13.5 Å². The predicted molar refractivity (Wildman–Crippen MR) is 171 cm³/mol. The van der Waals surface area contributed by atoms with E-state index in [1.165, 1.54) is 27.9 Å². The van der Waals surface area contributed by atoms with Crippen molar-refractivity contribution in [2.24, 2.45) is 4.99 Å². The molecule has 0 aliphatic carbocycles. The zero-order valence-electron chi connectivity index (χ0n) is 23.4. The molecule has 0 saturated carbocycles. The summed E-state index contributed by atoms with van der Waals surface area (Å²) in [6.45, 7) is 7.11. The van der Waals surface area contributed by atoms with E-state index in [1.54, 1.807) is 0 Å². The molecule has 0 atom stereocenters. The first-order valence-electron chi connectivity index (χ1n) is 14.2. The van der Waals surface area contributed by atoms with E-state index < -0.39 is 0 Å². The minimum atomic E-state index is 0.619. The summed E-state index contributed by atoms with van der Waals surface area (Å²) in [5.41, 5.74) is 11.1. The number of aromatic nitrogens is 2. The van der Waals surface area contributed by atoms with Crippen molar-refractivity contribution in [2.75, 3.05) is 54.1 Å². The topological polar surface area (TPSA) is 83.6 Å². The minimum absolute atomic E-state index is 0.619. The van der Waals surface area contributed by atoms with Gasteiger partial charge in [0.05, 0.1) is 17.6 Å². The van der Waals surface area contributed by atoms with Gasteiger partial charge >= 0.3 is 0 Å². The molecule has 206 valence electrons. The number of benzene rings is 4. The summed E-state index contributed by atoms with van der Waals surface area (Å²) in [5, 5.41) is 10.4. The molecule has 4 N–H and O–H groups in total. The number of guanidine groups is 1. The summed E-state index contributed by atoms with van der Waals surface area (Å²) >= 11 is 0. The van der Waals surface area contributed by atoms with Crippen LogP contribution in [0.4, 0.5) is 28.7 Å². The van der Waals surface area contributed by atoms with E-state index in [0.29, 0.717) is 6.54 Å². The number of fused-ring (bicyclic) bond motifs is 2. The minimum Gasteiger partial charge on any atom is -0.369 e. The fourth-order valence-corrected chi connectivity index (χ4v) is 5.53. The monoisotopic (exact) mass is 542 g/mol. The Morgan fingerprint density at radius 2 is 1.61 bits per heavy atom. The van der Waals surface area contributed by atoms with E-state index in [4.69, 9.17) is 4.99 Å². The van der Waals surface area contributed by atoms with Gasteiger partial charge in [-0.05, 0) is 96.9 Å². The van der Waals surface area contributed by atoms with Crippen LogP contribution in [0.5, 0.6) is 0 Å². The first kappa shape index (κ1) is 25.2. The van der Waals surface area contributed by atoms with Crippen LogP contribution in [0.3, 0.4) is 0 Å². The largest absolute Gasteiger partial charge is 0.369 e. The van der Waals surface area contributed by atoms with Crippen LogP contribution in [-0.4, -0.2) is 54.1 Å².